The molecule has 0 radical (unpaired) electrons. The number of carbonyl (C=O) groups excluding carboxylic acids is 2. The molecule has 0 N–H and O–H groups in total. The molecule has 104 valence electrons. The fourth-order valence-electron chi connectivity index (χ4n) is 2.02. The number of thiol groups is 1. The van der Waals surface area contributed by atoms with Gasteiger partial charge in [-0.1, -0.05) is 32.5 Å². The van der Waals surface area contributed by atoms with E-state index in [1.54, 1.807) is 4.90 Å². The number of hydrogen-bond acceptors (Lipinski definition) is 4. The molecule has 18 heavy (non-hydrogen) atoms. The molecular weight excluding hydrogens is 266 g/mol. The Hall–Kier alpha value is -0.160. The van der Waals surface area contributed by atoms with Crippen LogP contribution in [-0.2, 0) is 9.59 Å². The third-order valence-corrected chi connectivity index (χ3v) is 4.34. The Bertz CT molecular complexity index is 313. The summed E-state index contributed by atoms with van der Waals surface area (Å²) in [6.45, 7) is 6.44. The van der Waals surface area contributed by atoms with Crippen LogP contribution in [0.1, 0.15) is 40.0 Å². The topological polar surface area (TPSA) is 37.4 Å². The van der Waals surface area contributed by atoms with Crippen molar-refractivity contribution < 1.29 is 9.59 Å². The Morgan fingerprint density at radius 3 is 2.61 bits per heavy atom. The first kappa shape index (κ1) is 15.9. The second-order valence-electron chi connectivity index (χ2n) is 5.65. The number of thioether (sulfide) groups is 1. The molecule has 0 aromatic heterocycles. The molecule has 0 saturated carbocycles. The summed E-state index contributed by atoms with van der Waals surface area (Å²) < 4.78 is 0. The van der Waals surface area contributed by atoms with Crippen LogP contribution in [-0.4, -0.2) is 40.0 Å². The van der Waals surface area contributed by atoms with Crippen LogP contribution in [0.5, 0.6) is 0 Å². The highest BCUT2D eigenvalue weighted by atomic mass is 32.2. The van der Waals surface area contributed by atoms with Gasteiger partial charge >= 0.3 is 0 Å². The number of carbonyl (C=O) groups is 2. The van der Waals surface area contributed by atoms with E-state index in [1.807, 2.05) is 20.8 Å². The molecule has 3 nitrogen and oxygen atoms in total. The van der Waals surface area contributed by atoms with Crippen LogP contribution in [0, 0.1) is 5.41 Å². The second-order valence-corrected chi connectivity index (χ2v) is 7.20. The zero-order valence-electron chi connectivity index (χ0n) is 11.4. The summed E-state index contributed by atoms with van der Waals surface area (Å²) in [5, 5.41) is 0.145. The van der Waals surface area contributed by atoms with E-state index in [1.165, 1.54) is 11.8 Å². The van der Waals surface area contributed by atoms with Gasteiger partial charge in [0.1, 0.15) is 6.04 Å². The summed E-state index contributed by atoms with van der Waals surface area (Å²) >= 11 is 5.48. The summed E-state index contributed by atoms with van der Waals surface area (Å²) in [4.78, 5) is 26.1. The summed E-state index contributed by atoms with van der Waals surface area (Å²) in [7, 11) is 0. The molecule has 0 spiro atoms. The Balaban J connectivity index is 2.59. The molecule has 0 aromatic rings. The zero-order chi connectivity index (χ0) is 13.8. The molecule has 0 aromatic carbocycles. The molecular formula is C13H23NO2S2. The summed E-state index contributed by atoms with van der Waals surface area (Å²) in [5.74, 6) is 1.69. The van der Waals surface area contributed by atoms with Gasteiger partial charge in [-0.3, -0.25) is 9.59 Å². The number of hydrogen-bond donors (Lipinski definition) is 1. The van der Waals surface area contributed by atoms with Crippen LogP contribution < -0.4 is 0 Å². The Morgan fingerprint density at radius 1 is 1.39 bits per heavy atom. The number of nitrogens with zero attached hydrogens (tertiary/aromatic N) is 1. The van der Waals surface area contributed by atoms with Crippen molar-refractivity contribution in [2.75, 3.05) is 18.1 Å². The second kappa shape index (κ2) is 6.85. The lowest BCUT2D eigenvalue weighted by Gasteiger charge is -2.29. The summed E-state index contributed by atoms with van der Waals surface area (Å²) in [5.41, 5.74) is -0.404. The first-order valence-electron chi connectivity index (χ1n) is 6.46. The first-order valence-corrected chi connectivity index (χ1v) is 8.08. The third kappa shape index (κ3) is 4.19. The van der Waals surface area contributed by atoms with Crippen molar-refractivity contribution in [3.8, 4) is 0 Å². The van der Waals surface area contributed by atoms with Crippen LogP contribution in [0.15, 0.2) is 0 Å². The first-order chi connectivity index (χ1) is 8.38. The van der Waals surface area contributed by atoms with Gasteiger partial charge in [0.25, 0.3) is 0 Å². The lowest BCUT2D eigenvalue weighted by Crippen LogP contribution is -2.45. The molecule has 1 aliphatic rings. The van der Waals surface area contributed by atoms with E-state index < -0.39 is 5.41 Å². The molecule has 1 atom stereocenters. The maximum absolute atomic E-state index is 12.3. The van der Waals surface area contributed by atoms with Crippen molar-refractivity contribution in [1.82, 2.24) is 4.90 Å². The predicted molar refractivity (Wildman–Crippen MR) is 80.1 cm³/mol. The Labute approximate surface area is 119 Å². The van der Waals surface area contributed by atoms with E-state index >= 15 is 0 Å². The van der Waals surface area contributed by atoms with Crippen LogP contribution in [0.4, 0.5) is 0 Å². The van der Waals surface area contributed by atoms with Gasteiger partial charge in [-0.2, -0.15) is 12.6 Å². The van der Waals surface area contributed by atoms with Gasteiger partial charge < -0.3 is 4.90 Å². The molecule has 1 aliphatic heterocycles. The monoisotopic (exact) mass is 289 g/mol. The minimum absolute atomic E-state index is 0.0909. The van der Waals surface area contributed by atoms with Crippen molar-refractivity contribution in [1.29, 1.82) is 0 Å². The summed E-state index contributed by atoms with van der Waals surface area (Å²) in [6, 6.07) is -0.207. The highest BCUT2D eigenvalue weighted by Crippen LogP contribution is 2.28. The molecule has 1 heterocycles. The Morgan fingerprint density at radius 2 is 2.06 bits per heavy atom. The smallest absolute Gasteiger partial charge is 0.228 e. The SMILES string of the molecule is CC(C)(C)C(=O)N1CCCC1C(=O)SCCCS. The van der Waals surface area contributed by atoms with E-state index in [0.29, 0.717) is 0 Å². The molecule has 1 rings (SSSR count). The molecule has 0 bridgehead atoms. The van der Waals surface area contributed by atoms with Crippen LogP contribution >= 0.6 is 24.4 Å². The van der Waals surface area contributed by atoms with Crippen molar-refractivity contribution in [3.05, 3.63) is 0 Å². The average Bonchev–Trinajstić information content (AvgIpc) is 2.75. The largest absolute Gasteiger partial charge is 0.331 e. The highest BCUT2D eigenvalue weighted by molar-refractivity contribution is 8.13. The number of amides is 1. The fraction of sp³-hybridized carbons (Fsp3) is 0.846. The van der Waals surface area contributed by atoms with Gasteiger partial charge in [0.05, 0.1) is 0 Å². The van der Waals surface area contributed by atoms with Gasteiger partial charge in [-0.15, -0.1) is 0 Å². The number of rotatable bonds is 4. The number of likely N-dealkylation sites (tertiary alicyclic amines) is 1. The van der Waals surface area contributed by atoms with Crippen molar-refractivity contribution in [3.63, 3.8) is 0 Å². The van der Waals surface area contributed by atoms with E-state index in [-0.39, 0.29) is 17.1 Å². The maximum atomic E-state index is 12.3. The molecule has 5 heteroatoms. The standard InChI is InChI=1S/C13H23NO2S2/c1-13(2,3)12(16)14-7-4-6-10(14)11(15)18-9-5-8-17/h10,17H,4-9H2,1-3H3. The molecule has 1 saturated heterocycles. The normalized spacial score (nSPS) is 20.2. The lowest BCUT2D eigenvalue weighted by molar-refractivity contribution is -0.142. The minimum atomic E-state index is -0.404. The van der Waals surface area contributed by atoms with Crippen molar-refractivity contribution in [2.24, 2.45) is 5.41 Å². The van der Waals surface area contributed by atoms with Gasteiger partial charge in [-0.25, -0.2) is 0 Å². The van der Waals surface area contributed by atoms with Crippen molar-refractivity contribution in [2.45, 2.75) is 46.1 Å². The predicted octanol–water partition coefficient (Wildman–Crippen LogP) is 2.60. The maximum Gasteiger partial charge on any atom is 0.228 e. The van der Waals surface area contributed by atoms with Gasteiger partial charge in [0, 0.05) is 17.7 Å². The van der Waals surface area contributed by atoms with Crippen LogP contribution in [0.2, 0.25) is 0 Å². The molecule has 1 unspecified atom stereocenters. The lowest BCUT2D eigenvalue weighted by atomic mass is 9.94. The average molecular weight is 289 g/mol. The fourth-order valence-corrected chi connectivity index (χ4v) is 3.32. The van der Waals surface area contributed by atoms with Crippen LogP contribution in [0.25, 0.3) is 0 Å². The molecule has 0 aliphatic carbocycles. The van der Waals surface area contributed by atoms with E-state index in [2.05, 4.69) is 12.6 Å². The zero-order valence-corrected chi connectivity index (χ0v) is 13.2. The van der Waals surface area contributed by atoms with Crippen LogP contribution in [0.3, 0.4) is 0 Å². The van der Waals surface area contributed by atoms with E-state index in [9.17, 15) is 9.59 Å². The molecule has 1 amide bonds. The van der Waals surface area contributed by atoms with Gasteiger partial charge in [-0.05, 0) is 25.0 Å². The van der Waals surface area contributed by atoms with Gasteiger partial charge in [0.15, 0.2) is 0 Å². The van der Waals surface area contributed by atoms with E-state index in [4.69, 9.17) is 0 Å². The third-order valence-electron chi connectivity index (χ3n) is 2.97. The quantitative estimate of drug-likeness (QED) is 0.638. The van der Waals surface area contributed by atoms with Gasteiger partial charge in [0.2, 0.25) is 11.0 Å². The Kier molecular flexibility index (Phi) is 6.05. The minimum Gasteiger partial charge on any atom is -0.331 e. The van der Waals surface area contributed by atoms with Crippen molar-refractivity contribution >= 4 is 35.4 Å². The summed E-state index contributed by atoms with van der Waals surface area (Å²) in [6.07, 6.45) is 2.68. The van der Waals surface area contributed by atoms with E-state index in [0.717, 1.165) is 37.3 Å². The molecule has 1 fully saturated rings. The highest BCUT2D eigenvalue weighted by Gasteiger charge is 2.38.